The first-order valence-corrected chi connectivity index (χ1v) is 6.33. The van der Waals surface area contributed by atoms with Crippen molar-refractivity contribution in [1.82, 2.24) is 0 Å². The molecule has 0 heterocycles. The summed E-state index contributed by atoms with van der Waals surface area (Å²) in [6.45, 7) is 0. The van der Waals surface area contributed by atoms with Gasteiger partial charge >= 0.3 is 0 Å². The number of halogens is 1. The average molecular weight is 250 g/mol. The quantitative estimate of drug-likeness (QED) is 0.885. The SMILES string of the molecule is NS(=O)(=O)c1[c]c(-c2ccccc2F)ccc1. The van der Waals surface area contributed by atoms with Crippen molar-refractivity contribution in [3.8, 4) is 11.1 Å². The van der Waals surface area contributed by atoms with E-state index in [0.717, 1.165) is 0 Å². The predicted molar refractivity (Wildman–Crippen MR) is 62.0 cm³/mol. The minimum Gasteiger partial charge on any atom is -0.225 e. The van der Waals surface area contributed by atoms with E-state index in [2.05, 4.69) is 6.07 Å². The first-order valence-electron chi connectivity index (χ1n) is 4.78. The van der Waals surface area contributed by atoms with Crippen LogP contribution < -0.4 is 5.14 Å². The molecule has 0 fully saturated rings. The molecule has 0 unspecified atom stereocenters. The van der Waals surface area contributed by atoms with Gasteiger partial charge in [-0.05, 0) is 17.7 Å². The predicted octanol–water partition coefficient (Wildman–Crippen LogP) is 1.94. The molecule has 0 saturated carbocycles. The van der Waals surface area contributed by atoms with Crippen LogP contribution in [0.4, 0.5) is 4.39 Å². The molecule has 0 saturated heterocycles. The fourth-order valence-corrected chi connectivity index (χ4v) is 1.97. The molecular formula is C12H9FNO2S. The Hall–Kier alpha value is -1.72. The van der Waals surface area contributed by atoms with Crippen molar-refractivity contribution in [1.29, 1.82) is 0 Å². The van der Waals surface area contributed by atoms with E-state index in [9.17, 15) is 12.8 Å². The zero-order chi connectivity index (χ0) is 12.5. The maximum atomic E-state index is 13.5. The molecule has 0 aliphatic heterocycles. The summed E-state index contributed by atoms with van der Waals surface area (Å²) in [4.78, 5) is -0.154. The van der Waals surface area contributed by atoms with Crippen LogP contribution in [-0.2, 0) is 10.0 Å². The van der Waals surface area contributed by atoms with Crippen molar-refractivity contribution in [3.63, 3.8) is 0 Å². The molecule has 0 amide bonds. The van der Waals surface area contributed by atoms with Gasteiger partial charge in [0.2, 0.25) is 10.0 Å². The highest BCUT2D eigenvalue weighted by atomic mass is 32.2. The van der Waals surface area contributed by atoms with E-state index in [1.54, 1.807) is 24.3 Å². The van der Waals surface area contributed by atoms with Crippen LogP contribution in [0.3, 0.4) is 0 Å². The summed E-state index contributed by atoms with van der Waals surface area (Å²) in [6.07, 6.45) is 0. The molecule has 5 heteroatoms. The highest BCUT2D eigenvalue weighted by Gasteiger charge is 2.11. The third kappa shape index (κ3) is 2.51. The molecule has 2 rings (SSSR count). The number of hydrogen-bond donors (Lipinski definition) is 1. The lowest BCUT2D eigenvalue weighted by Crippen LogP contribution is -2.12. The Bertz CT molecular complexity index is 653. The lowest BCUT2D eigenvalue weighted by atomic mass is 10.1. The summed E-state index contributed by atoms with van der Waals surface area (Å²) in [5, 5.41) is 4.99. The summed E-state index contributed by atoms with van der Waals surface area (Å²) in [5.41, 5.74) is 0.646. The highest BCUT2D eigenvalue weighted by molar-refractivity contribution is 7.89. The summed E-state index contributed by atoms with van der Waals surface area (Å²) in [7, 11) is -3.82. The van der Waals surface area contributed by atoms with Crippen molar-refractivity contribution in [2.24, 2.45) is 5.14 Å². The molecule has 2 aromatic carbocycles. The van der Waals surface area contributed by atoms with E-state index in [4.69, 9.17) is 5.14 Å². The van der Waals surface area contributed by atoms with Crippen LogP contribution in [0, 0.1) is 11.9 Å². The molecular weight excluding hydrogens is 241 g/mol. The van der Waals surface area contributed by atoms with Gasteiger partial charge in [-0.1, -0.05) is 30.3 Å². The fourth-order valence-electron chi connectivity index (χ4n) is 1.45. The van der Waals surface area contributed by atoms with Crippen LogP contribution >= 0.6 is 0 Å². The van der Waals surface area contributed by atoms with Gasteiger partial charge in [0.15, 0.2) is 0 Å². The summed E-state index contributed by atoms with van der Waals surface area (Å²) in [5.74, 6) is -0.435. The first-order chi connectivity index (χ1) is 7.98. The van der Waals surface area contributed by atoms with Crippen LogP contribution in [0.5, 0.6) is 0 Å². The smallest absolute Gasteiger partial charge is 0.225 e. The van der Waals surface area contributed by atoms with Crippen molar-refractivity contribution in [2.45, 2.75) is 4.90 Å². The largest absolute Gasteiger partial charge is 0.238 e. The first kappa shape index (κ1) is 11.8. The maximum Gasteiger partial charge on any atom is 0.238 e. The Morgan fingerprint density at radius 3 is 2.41 bits per heavy atom. The van der Waals surface area contributed by atoms with Gasteiger partial charge < -0.3 is 0 Å². The zero-order valence-corrected chi connectivity index (χ0v) is 9.54. The Kier molecular flexibility index (Phi) is 2.95. The molecule has 0 spiro atoms. The van der Waals surface area contributed by atoms with Crippen molar-refractivity contribution < 1.29 is 12.8 Å². The number of benzene rings is 2. The van der Waals surface area contributed by atoms with Gasteiger partial charge in [0.25, 0.3) is 0 Å². The van der Waals surface area contributed by atoms with Crippen molar-refractivity contribution >= 4 is 10.0 Å². The van der Waals surface area contributed by atoms with E-state index in [1.807, 2.05) is 0 Å². The molecule has 0 aliphatic carbocycles. The molecule has 3 nitrogen and oxygen atoms in total. The number of sulfonamides is 1. The van der Waals surface area contributed by atoms with Gasteiger partial charge in [0, 0.05) is 11.6 Å². The van der Waals surface area contributed by atoms with E-state index in [1.165, 1.54) is 18.2 Å². The van der Waals surface area contributed by atoms with Gasteiger partial charge in [0.05, 0.1) is 4.90 Å². The molecule has 1 radical (unpaired) electrons. The van der Waals surface area contributed by atoms with Crippen LogP contribution in [0.25, 0.3) is 11.1 Å². The second-order valence-corrected chi connectivity index (χ2v) is 4.98. The second-order valence-electron chi connectivity index (χ2n) is 3.45. The Morgan fingerprint density at radius 1 is 1.06 bits per heavy atom. The molecule has 0 atom stereocenters. The standard InChI is InChI=1S/C12H9FNO2S/c13-12-7-2-1-6-11(12)9-4-3-5-10(8-9)17(14,15)16/h1-7H,(H2,14,15,16). The maximum absolute atomic E-state index is 13.5. The van der Waals surface area contributed by atoms with E-state index in [0.29, 0.717) is 5.56 Å². The van der Waals surface area contributed by atoms with Gasteiger partial charge in [-0.2, -0.15) is 0 Å². The monoisotopic (exact) mass is 250 g/mol. The van der Waals surface area contributed by atoms with Gasteiger partial charge in [-0.25, -0.2) is 17.9 Å². The Balaban J connectivity index is 2.59. The molecule has 2 aromatic rings. The van der Waals surface area contributed by atoms with Crippen LogP contribution in [0.15, 0.2) is 47.4 Å². The molecule has 0 aromatic heterocycles. The number of nitrogens with two attached hydrogens (primary N) is 1. The number of rotatable bonds is 2. The summed E-state index contributed by atoms with van der Waals surface area (Å²) >= 11 is 0. The van der Waals surface area contributed by atoms with Gasteiger partial charge in [0.1, 0.15) is 5.82 Å². The molecule has 87 valence electrons. The summed E-state index contributed by atoms with van der Waals surface area (Å²) in [6, 6.07) is 13.1. The van der Waals surface area contributed by atoms with Crippen molar-refractivity contribution in [3.05, 3.63) is 54.3 Å². The normalized spacial score (nSPS) is 11.4. The van der Waals surface area contributed by atoms with E-state index in [-0.39, 0.29) is 10.5 Å². The molecule has 0 aliphatic rings. The fraction of sp³-hybridized carbons (Fsp3) is 0. The Labute approximate surface area is 98.8 Å². The minimum absolute atomic E-state index is 0.154. The van der Waals surface area contributed by atoms with Gasteiger partial charge in [-0.15, -0.1) is 0 Å². The second kappa shape index (κ2) is 4.27. The average Bonchev–Trinajstić information content (AvgIpc) is 2.29. The lowest BCUT2D eigenvalue weighted by molar-refractivity contribution is 0.597. The third-order valence-corrected chi connectivity index (χ3v) is 3.09. The lowest BCUT2D eigenvalue weighted by Gasteiger charge is -2.04. The molecule has 0 bridgehead atoms. The van der Waals surface area contributed by atoms with E-state index < -0.39 is 15.8 Å². The van der Waals surface area contributed by atoms with Crippen LogP contribution in [-0.4, -0.2) is 8.42 Å². The van der Waals surface area contributed by atoms with Crippen molar-refractivity contribution in [2.75, 3.05) is 0 Å². The number of primary sulfonamides is 1. The minimum atomic E-state index is -3.82. The van der Waals surface area contributed by atoms with Gasteiger partial charge in [-0.3, -0.25) is 0 Å². The van der Waals surface area contributed by atoms with Crippen LogP contribution in [0.2, 0.25) is 0 Å². The Morgan fingerprint density at radius 2 is 1.76 bits per heavy atom. The number of hydrogen-bond acceptors (Lipinski definition) is 2. The van der Waals surface area contributed by atoms with E-state index >= 15 is 0 Å². The van der Waals surface area contributed by atoms with Crippen LogP contribution in [0.1, 0.15) is 0 Å². The zero-order valence-electron chi connectivity index (χ0n) is 8.72. The molecule has 17 heavy (non-hydrogen) atoms. The third-order valence-electron chi connectivity index (χ3n) is 2.24. The topological polar surface area (TPSA) is 60.2 Å². The molecule has 2 N–H and O–H groups in total. The highest BCUT2D eigenvalue weighted by Crippen LogP contribution is 2.23. The summed E-state index contributed by atoms with van der Waals surface area (Å²) < 4.78 is 35.8.